The molecular weight excluding hydrogens is 318 g/mol. The van der Waals surface area contributed by atoms with Crippen molar-refractivity contribution in [2.24, 2.45) is 5.41 Å². The Labute approximate surface area is 140 Å². The van der Waals surface area contributed by atoms with Crippen molar-refractivity contribution in [3.8, 4) is 0 Å². The van der Waals surface area contributed by atoms with Crippen LogP contribution >= 0.6 is 11.3 Å². The summed E-state index contributed by atoms with van der Waals surface area (Å²) in [6.45, 7) is 10.2. The number of aromatic nitrogens is 1. The number of thiazole rings is 1. The minimum atomic E-state index is -0.513. The third-order valence-corrected chi connectivity index (χ3v) is 4.21. The van der Waals surface area contributed by atoms with Gasteiger partial charge in [-0.15, -0.1) is 16.4 Å². The van der Waals surface area contributed by atoms with Crippen LogP contribution in [0.5, 0.6) is 0 Å². The van der Waals surface area contributed by atoms with Gasteiger partial charge in [-0.05, 0) is 27.7 Å². The highest BCUT2D eigenvalue weighted by atomic mass is 32.1. The fourth-order valence-electron chi connectivity index (χ4n) is 1.93. The van der Waals surface area contributed by atoms with Crippen molar-refractivity contribution in [3.63, 3.8) is 0 Å². The van der Waals surface area contributed by atoms with E-state index >= 15 is 0 Å². The smallest absolute Gasteiger partial charge is 0.357 e. The molecule has 1 fully saturated rings. The second-order valence-corrected chi connectivity index (χ2v) is 7.12. The van der Waals surface area contributed by atoms with E-state index in [-0.39, 0.29) is 5.97 Å². The molecule has 8 heteroatoms. The molecular formula is C15H23N3O4S. The average Bonchev–Trinajstić information content (AvgIpc) is 2.97. The minimum absolute atomic E-state index is 0.232. The summed E-state index contributed by atoms with van der Waals surface area (Å²) in [7, 11) is 0. The van der Waals surface area contributed by atoms with Crippen LogP contribution in [0.3, 0.4) is 0 Å². The van der Waals surface area contributed by atoms with Gasteiger partial charge in [0.05, 0.1) is 25.1 Å². The SMILES string of the molecule is CCOC(=O)c1csc(N2CCN(OC(=O)C(C)(C)C)CC2)n1. The fraction of sp³-hybridized carbons (Fsp3) is 0.667. The number of hydroxylamine groups is 2. The molecule has 0 bridgehead atoms. The second kappa shape index (κ2) is 7.27. The molecule has 2 rings (SSSR count). The fourth-order valence-corrected chi connectivity index (χ4v) is 2.78. The number of anilines is 1. The van der Waals surface area contributed by atoms with E-state index in [1.165, 1.54) is 11.3 Å². The molecule has 0 atom stereocenters. The Kier molecular flexibility index (Phi) is 5.59. The number of carbonyl (C=O) groups excluding carboxylic acids is 2. The van der Waals surface area contributed by atoms with Gasteiger partial charge in [0.25, 0.3) is 0 Å². The van der Waals surface area contributed by atoms with E-state index in [4.69, 9.17) is 9.57 Å². The quantitative estimate of drug-likeness (QED) is 0.775. The molecule has 0 aromatic carbocycles. The van der Waals surface area contributed by atoms with E-state index in [1.807, 2.05) is 20.8 Å². The molecule has 1 aromatic heterocycles. The van der Waals surface area contributed by atoms with Crippen molar-refractivity contribution >= 4 is 28.4 Å². The molecule has 1 aliphatic rings. The first kappa shape index (κ1) is 17.7. The average molecular weight is 341 g/mol. The summed E-state index contributed by atoms with van der Waals surface area (Å²) in [5.74, 6) is -0.627. The molecule has 2 heterocycles. The molecule has 1 aromatic rings. The third kappa shape index (κ3) is 4.65. The van der Waals surface area contributed by atoms with Crippen molar-refractivity contribution in [2.75, 3.05) is 37.7 Å². The summed E-state index contributed by atoms with van der Waals surface area (Å²) >= 11 is 1.42. The topological polar surface area (TPSA) is 72.0 Å². The van der Waals surface area contributed by atoms with Crippen molar-refractivity contribution in [2.45, 2.75) is 27.7 Å². The Balaban J connectivity index is 1.87. The third-order valence-electron chi connectivity index (χ3n) is 3.31. The Morgan fingerprint density at radius 1 is 1.26 bits per heavy atom. The van der Waals surface area contributed by atoms with Crippen molar-refractivity contribution in [1.29, 1.82) is 0 Å². The molecule has 0 N–H and O–H groups in total. The van der Waals surface area contributed by atoms with Gasteiger partial charge < -0.3 is 14.5 Å². The van der Waals surface area contributed by atoms with Crippen LogP contribution in [0.4, 0.5) is 5.13 Å². The first-order valence-electron chi connectivity index (χ1n) is 7.66. The number of rotatable bonds is 4. The maximum atomic E-state index is 11.9. The highest BCUT2D eigenvalue weighted by Crippen LogP contribution is 2.23. The van der Waals surface area contributed by atoms with Crippen LogP contribution in [-0.4, -0.2) is 54.8 Å². The molecule has 0 radical (unpaired) electrons. The van der Waals surface area contributed by atoms with Crippen molar-refractivity contribution < 1.29 is 19.2 Å². The van der Waals surface area contributed by atoms with Crippen molar-refractivity contribution in [3.05, 3.63) is 11.1 Å². The summed E-state index contributed by atoms with van der Waals surface area (Å²) in [6.07, 6.45) is 0. The van der Waals surface area contributed by atoms with Gasteiger partial charge in [0.2, 0.25) is 0 Å². The maximum absolute atomic E-state index is 11.9. The Morgan fingerprint density at radius 2 is 1.91 bits per heavy atom. The van der Waals surface area contributed by atoms with Gasteiger partial charge in [0, 0.05) is 18.5 Å². The summed E-state index contributed by atoms with van der Waals surface area (Å²) in [4.78, 5) is 35.3. The lowest BCUT2D eigenvalue weighted by Crippen LogP contribution is -2.48. The predicted molar refractivity (Wildman–Crippen MR) is 87.4 cm³/mol. The van der Waals surface area contributed by atoms with E-state index in [2.05, 4.69) is 9.88 Å². The van der Waals surface area contributed by atoms with Gasteiger partial charge in [-0.2, -0.15) is 0 Å². The van der Waals surface area contributed by atoms with Crippen LogP contribution in [0.15, 0.2) is 5.38 Å². The molecule has 0 aliphatic carbocycles. The van der Waals surface area contributed by atoms with Crippen molar-refractivity contribution in [1.82, 2.24) is 10.0 Å². The molecule has 23 heavy (non-hydrogen) atoms. The largest absolute Gasteiger partial charge is 0.461 e. The lowest BCUT2D eigenvalue weighted by Gasteiger charge is -2.34. The van der Waals surface area contributed by atoms with E-state index in [9.17, 15) is 9.59 Å². The van der Waals surface area contributed by atoms with E-state index in [1.54, 1.807) is 17.4 Å². The van der Waals surface area contributed by atoms with Gasteiger partial charge in [-0.3, -0.25) is 0 Å². The van der Waals surface area contributed by atoms with Crippen LogP contribution in [0.2, 0.25) is 0 Å². The first-order valence-corrected chi connectivity index (χ1v) is 8.54. The molecule has 1 saturated heterocycles. The number of piperazine rings is 1. The first-order chi connectivity index (χ1) is 10.8. The number of hydrogen-bond donors (Lipinski definition) is 0. The highest BCUT2D eigenvalue weighted by molar-refractivity contribution is 7.13. The molecule has 7 nitrogen and oxygen atoms in total. The van der Waals surface area contributed by atoms with Gasteiger partial charge in [-0.25, -0.2) is 14.6 Å². The number of carbonyl (C=O) groups is 2. The van der Waals surface area contributed by atoms with E-state index in [0.717, 1.165) is 5.13 Å². The highest BCUT2D eigenvalue weighted by Gasteiger charge is 2.28. The summed E-state index contributed by atoms with van der Waals surface area (Å²) < 4.78 is 4.94. The number of esters is 1. The summed E-state index contributed by atoms with van der Waals surface area (Å²) in [5.41, 5.74) is -0.172. The lowest BCUT2D eigenvalue weighted by atomic mass is 9.98. The van der Waals surface area contributed by atoms with Gasteiger partial charge >= 0.3 is 11.9 Å². The van der Waals surface area contributed by atoms with Crippen LogP contribution in [0, 0.1) is 5.41 Å². The Bertz CT molecular complexity index is 559. The predicted octanol–water partition coefficient (Wildman–Crippen LogP) is 1.95. The van der Waals surface area contributed by atoms with Crippen LogP contribution in [0.1, 0.15) is 38.2 Å². The normalized spacial score (nSPS) is 16.3. The molecule has 1 aliphatic heterocycles. The molecule has 128 valence electrons. The Morgan fingerprint density at radius 3 is 2.48 bits per heavy atom. The number of nitrogens with zero attached hydrogens (tertiary/aromatic N) is 3. The van der Waals surface area contributed by atoms with E-state index < -0.39 is 11.4 Å². The zero-order chi connectivity index (χ0) is 17.0. The number of hydrogen-bond acceptors (Lipinski definition) is 8. The molecule has 0 unspecified atom stereocenters. The van der Waals surface area contributed by atoms with Gasteiger partial charge in [0.1, 0.15) is 0 Å². The summed E-state index contributed by atoms with van der Waals surface area (Å²) in [6, 6.07) is 0. The minimum Gasteiger partial charge on any atom is -0.461 e. The lowest BCUT2D eigenvalue weighted by molar-refractivity contribution is -0.201. The van der Waals surface area contributed by atoms with Crippen LogP contribution < -0.4 is 4.90 Å². The standard InChI is InChI=1S/C15H23N3O4S/c1-5-21-12(19)11-10-23-14(16-11)17-6-8-18(9-7-17)22-13(20)15(2,3)4/h10H,5-9H2,1-4H3. The number of ether oxygens (including phenoxy) is 1. The Hall–Kier alpha value is -1.67. The maximum Gasteiger partial charge on any atom is 0.357 e. The van der Waals surface area contributed by atoms with Gasteiger partial charge in [-0.1, -0.05) is 0 Å². The van der Waals surface area contributed by atoms with Crippen LogP contribution in [0.25, 0.3) is 0 Å². The monoisotopic (exact) mass is 341 g/mol. The zero-order valence-electron chi connectivity index (χ0n) is 14.0. The van der Waals surface area contributed by atoms with Gasteiger partial charge in [0.15, 0.2) is 10.8 Å². The van der Waals surface area contributed by atoms with E-state index in [0.29, 0.717) is 38.5 Å². The molecule has 0 saturated carbocycles. The zero-order valence-corrected chi connectivity index (χ0v) is 14.8. The molecule has 0 amide bonds. The second-order valence-electron chi connectivity index (χ2n) is 6.28. The van der Waals surface area contributed by atoms with Crippen LogP contribution in [-0.2, 0) is 14.4 Å². The molecule has 0 spiro atoms. The summed E-state index contributed by atoms with van der Waals surface area (Å²) in [5, 5.41) is 4.18.